The molecule has 0 saturated heterocycles. The molecule has 0 bridgehead atoms. The lowest BCUT2D eigenvalue weighted by atomic mass is 10.1. The summed E-state index contributed by atoms with van der Waals surface area (Å²) in [6.45, 7) is 7.59. The van der Waals surface area contributed by atoms with E-state index < -0.39 is 0 Å². The van der Waals surface area contributed by atoms with Gasteiger partial charge in [-0.25, -0.2) is 4.98 Å². The van der Waals surface area contributed by atoms with Gasteiger partial charge in [-0.1, -0.05) is 13.8 Å². The largest absolute Gasteiger partial charge is 0.314 e. The minimum Gasteiger partial charge on any atom is -0.314 e. The monoisotopic (exact) mass is 225 g/mol. The zero-order valence-electron chi connectivity index (χ0n) is 9.66. The van der Waals surface area contributed by atoms with Crippen molar-refractivity contribution in [3.8, 4) is 0 Å². The minimum atomic E-state index is 0.468. The predicted molar refractivity (Wildman–Crippen MR) is 63.4 cm³/mol. The van der Waals surface area contributed by atoms with Gasteiger partial charge in [0.05, 0.1) is 0 Å². The molecule has 0 aromatic carbocycles. The Balaban J connectivity index is 2.00. The minimum absolute atomic E-state index is 0.468. The van der Waals surface area contributed by atoms with Crippen LogP contribution >= 0.6 is 11.5 Å². The molecule has 1 aromatic rings. The Labute approximate surface area is 95.5 Å². The van der Waals surface area contributed by atoms with Gasteiger partial charge in [-0.05, 0) is 37.8 Å². The van der Waals surface area contributed by atoms with Crippen LogP contribution in [-0.4, -0.2) is 21.9 Å². The van der Waals surface area contributed by atoms with Crippen molar-refractivity contribution >= 4 is 11.5 Å². The number of nitrogens with zero attached hydrogens (tertiary/aromatic N) is 2. The van der Waals surface area contributed by atoms with Crippen molar-refractivity contribution in [1.82, 2.24) is 14.7 Å². The van der Waals surface area contributed by atoms with Gasteiger partial charge in [0, 0.05) is 17.9 Å². The van der Waals surface area contributed by atoms with Gasteiger partial charge in [0.25, 0.3) is 0 Å². The number of nitrogens with one attached hydrogen (secondary N) is 1. The zero-order valence-corrected chi connectivity index (χ0v) is 10.5. The molecule has 1 N–H and O–H groups in total. The maximum absolute atomic E-state index is 4.64. The third-order valence-electron chi connectivity index (χ3n) is 3.07. The summed E-state index contributed by atoms with van der Waals surface area (Å²) in [5, 5.41) is 4.62. The van der Waals surface area contributed by atoms with Crippen molar-refractivity contribution in [2.75, 3.05) is 6.54 Å². The van der Waals surface area contributed by atoms with Crippen LogP contribution in [0.5, 0.6) is 0 Å². The van der Waals surface area contributed by atoms with Crippen molar-refractivity contribution < 1.29 is 0 Å². The summed E-state index contributed by atoms with van der Waals surface area (Å²) in [5.74, 6) is 2.23. The lowest BCUT2D eigenvalue weighted by Gasteiger charge is -2.17. The SMILES string of the molecule is CCNC(C)C(C)c1nc(C2CC2)ns1. The average Bonchev–Trinajstić information content (AvgIpc) is 2.96. The van der Waals surface area contributed by atoms with E-state index in [0.717, 1.165) is 12.4 Å². The summed E-state index contributed by atoms with van der Waals surface area (Å²) in [5.41, 5.74) is 0. The lowest BCUT2D eigenvalue weighted by molar-refractivity contribution is 0.493. The van der Waals surface area contributed by atoms with Gasteiger partial charge < -0.3 is 5.32 Å². The number of aromatic nitrogens is 2. The van der Waals surface area contributed by atoms with E-state index in [1.165, 1.54) is 17.8 Å². The summed E-state index contributed by atoms with van der Waals surface area (Å²) in [6, 6.07) is 0.481. The second-order valence-corrected chi connectivity index (χ2v) is 5.18. The normalized spacial score (nSPS) is 20.2. The highest BCUT2D eigenvalue weighted by molar-refractivity contribution is 7.05. The number of hydrogen-bond donors (Lipinski definition) is 1. The molecule has 2 atom stereocenters. The van der Waals surface area contributed by atoms with E-state index >= 15 is 0 Å². The Hall–Kier alpha value is -0.480. The molecule has 1 fully saturated rings. The highest BCUT2D eigenvalue weighted by atomic mass is 32.1. The summed E-state index contributed by atoms with van der Waals surface area (Å²) in [7, 11) is 0. The van der Waals surface area contributed by atoms with Crippen LogP contribution in [0.4, 0.5) is 0 Å². The zero-order chi connectivity index (χ0) is 10.8. The van der Waals surface area contributed by atoms with Crippen LogP contribution in [0.15, 0.2) is 0 Å². The molecule has 2 rings (SSSR count). The molecule has 1 aliphatic carbocycles. The van der Waals surface area contributed by atoms with Gasteiger partial charge >= 0.3 is 0 Å². The highest BCUT2D eigenvalue weighted by Gasteiger charge is 2.29. The van der Waals surface area contributed by atoms with Crippen LogP contribution in [0.25, 0.3) is 0 Å². The van der Waals surface area contributed by atoms with Crippen LogP contribution in [0.3, 0.4) is 0 Å². The first-order valence-corrected chi connectivity index (χ1v) is 6.56. The maximum Gasteiger partial charge on any atom is 0.145 e. The Kier molecular flexibility index (Phi) is 3.36. The molecular weight excluding hydrogens is 206 g/mol. The van der Waals surface area contributed by atoms with Crippen LogP contribution < -0.4 is 5.32 Å². The molecule has 0 amide bonds. The first-order valence-electron chi connectivity index (χ1n) is 5.79. The Morgan fingerprint density at radius 2 is 2.20 bits per heavy atom. The van der Waals surface area contributed by atoms with E-state index in [4.69, 9.17) is 0 Å². The highest BCUT2D eigenvalue weighted by Crippen LogP contribution is 2.39. The molecule has 2 unspecified atom stereocenters. The molecule has 1 aliphatic rings. The fraction of sp³-hybridized carbons (Fsp3) is 0.818. The van der Waals surface area contributed by atoms with Gasteiger partial charge in [0.1, 0.15) is 10.8 Å². The Bertz CT molecular complexity index is 319. The smallest absolute Gasteiger partial charge is 0.145 e. The lowest BCUT2D eigenvalue weighted by Crippen LogP contribution is -2.30. The van der Waals surface area contributed by atoms with Crippen LogP contribution in [0.2, 0.25) is 0 Å². The molecule has 0 spiro atoms. The first kappa shape index (κ1) is 11.0. The fourth-order valence-electron chi connectivity index (χ4n) is 1.65. The molecule has 1 aromatic heterocycles. The Morgan fingerprint density at radius 1 is 1.47 bits per heavy atom. The van der Waals surface area contributed by atoms with Gasteiger partial charge in [-0.3, -0.25) is 0 Å². The van der Waals surface area contributed by atoms with Crippen molar-refractivity contribution in [3.05, 3.63) is 10.8 Å². The fourth-order valence-corrected chi connectivity index (χ4v) is 2.53. The topological polar surface area (TPSA) is 37.8 Å². The summed E-state index contributed by atoms with van der Waals surface area (Å²) < 4.78 is 4.44. The van der Waals surface area contributed by atoms with Crippen molar-refractivity contribution in [3.63, 3.8) is 0 Å². The van der Waals surface area contributed by atoms with Gasteiger partial charge in [-0.15, -0.1) is 0 Å². The predicted octanol–water partition coefficient (Wildman–Crippen LogP) is 2.52. The number of rotatable bonds is 5. The third kappa shape index (κ3) is 2.55. The van der Waals surface area contributed by atoms with Crippen LogP contribution in [0, 0.1) is 0 Å². The molecule has 0 radical (unpaired) electrons. The van der Waals surface area contributed by atoms with Crippen molar-refractivity contribution in [1.29, 1.82) is 0 Å². The van der Waals surface area contributed by atoms with E-state index in [0.29, 0.717) is 17.9 Å². The molecule has 1 heterocycles. The second kappa shape index (κ2) is 4.58. The van der Waals surface area contributed by atoms with E-state index in [1.54, 1.807) is 11.5 Å². The first-order chi connectivity index (χ1) is 7.22. The second-order valence-electron chi connectivity index (χ2n) is 4.40. The van der Waals surface area contributed by atoms with Gasteiger partial charge in [-0.2, -0.15) is 4.37 Å². The molecular formula is C11H19N3S. The molecule has 15 heavy (non-hydrogen) atoms. The van der Waals surface area contributed by atoms with Crippen LogP contribution in [-0.2, 0) is 0 Å². The van der Waals surface area contributed by atoms with Crippen LogP contribution in [0.1, 0.15) is 56.3 Å². The summed E-state index contributed by atoms with van der Waals surface area (Å²) in [4.78, 5) is 4.64. The third-order valence-corrected chi connectivity index (χ3v) is 3.99. The summed E-state index contributed by atoms with van der Waals surface area (Å²) in [6.07, 6.45) is 2.57. The average molecular weight is 225 g/mol. The van der Waals surface area contributed by atoms with E-state index in [2.05, 4.69) is 35.4 Å². The standard InChI is InChI=1S/C11H19N3S/c1-4-12-8(3)7(2)11-13-10(14-15-11)9-5-6-9/h7-9,12H,4-6H2,1-3H3. The van der Waals surface area contributed by atoms with Gasteiger partial charge in [0.2, 0.25) is 0 Å². The molecule has 3 nitrogen and oxygen atoms in total. The maximum atomic E-state index is 4.64. The molecule has 1 saturated carbocycles. The van der Waals surface area contributed by atoms with E-state index in [-0.39, 0.29) is 0 Å². The number of likely N-dealkylation sites (N-methyl/N-ethyl adjacent to an activating group) is 1. The Morgan fingerprint density at radius 3 is 2.80 bits per heavy atom. The van der Waals surface area contributed by atoms with Crippen molar-refractivity contribution in [2.24, 2.45) is 0 Å². The van der Waals surface area contributed by atoms with E-state index in [9.17, 15) is 0 Å². The molecule has 4 heteroatoms. The quantitative estimate of drug-likeness (QED) is 0.836. The number of hydrogen-bond acceptors (Lipinski definition) is 4. The van der Waals surface area contributed by atoms with Gasteiger partial charge in [0.15, 0.2) is 0 Å². The molecule has 84 valence electrons. The van der Waals surface area contributed by atoms with Crippen molar-refractivity contribution in [2.45, 2.75) is 51.5 Å². The molecule has 0 aliphatic heterocycles. The summed E-state index contributed by atoms with van der Waals surface area (Å²) >= 11 is 1.58. The van der Waals surface area contributed by atoms with E-state index in [1.807, 2.05) is 0 Å².